The zero-order valence-corrected chi connectivity index (χ0v) is 12.1. The van der Waals surface area contributed by atoms with Gasteiger partial charge in [-0.15, -0.1) is 0 Å². The van der Waals surface area contributed by atoms with Crippen LogP contribution < -0.4 is 0 Å². The second kappa shape index (κ2) is 6.06. The third-order valence-electron chi connectivity index (χ3n) is 4.67. The monoisotopic (exact) mass is 262 g/mol. The van der Waals surface area contributed by atoms with Crippen LogP contribution in [0, 0.1) is 0 Å². The van der Waals surface area contributed by atoms with Gasteiger partial charge in [-0.2, -0.15) is 0 Å². The van der Waals surface area contributed by atoms with Gasteiger partial charge in [-0.05, 0) is 45.3 Å². The summed E-state index contributed by atoms with van der Waals surface area (Å²) in [5, 5.41) is 0. The molecular formula is C15H26N4. The molecule has 0 radical (unpaired) electrons. The van der Waals surface area contributed by atoms with Crippen LogP contribution in [0.5, 0.6) is 0 Å². The normalized spacial score (nSPS) is 26.7. The highest BCUT2D eigenvalue weighted by molar-refractivity contribution is 4.92. The van der Waals surface area contributed by atoms with E-state index in [4.69, 9.17) is 0 Å². The first-order valence-electron chi connectivity index (χ1n) is 7.75. The van der Waals surface area contributed by atoms with Crippen molar-refractivity contribution < 1.29 is 0 Å². The fourth-order valence-electron chi connectivity index (χ4n) is 3.51. The van der Waals surface area contributed by atoms with Gasteiger partial charge in [0.25, 0.3) is 0 Å². The van der Waals surface area contributed by atoms with Crippen LogP contribution in [0.4, 0.5) is 0 Å². The first-order chi connectivity index (χ1) is 9.33. The van der Waals surface area contributed by atoms with Crippen LogP contribution in [0.15, 0.2) is 12.4 Å². The van der Waals surface area contributed by atoms with Crippen molar-refractivity contribution in [2.45, 2.75) is 44.7 Å². The first kappa shape index (κ1) is 13.1. The van der Waals surface area contributed by atoms with Gasteiger partial charge in [0.2, 0.25) is 0 Å². The number of likely N-dealkylation sites (tertiary alicyclic amines) is 2. The smallest absolute Gasteiger partial charge is 0.122 e. The third kappa shape index (κ3) is 3.18. The molecule has 0 N–H and O–H groups in total. The second-order valence-corrected chi connectivity index (χ2v) is 6.08. The Hall–Kier alpha value is -0.870. The van der Waals surface area contributed by atoms with Gasteiger partial charge < -0.3 is 4.57 Å². The zero-order chi connectivity index (χ0) is 13.1. The van der Waals surface area contributed by atoms with E-state index in [1.165, 1.54) is 64.1 Å². The minimum Gasteiger partial charge on any atom is -0.337 e. The summed E-state index contributed by atoms with van der Waals surface area (Å²) in [5.41, 5.74) is 0. The van der Waals surface area contributed by atoms with Gasteiger partial charge in [0.05, 0.1) is 6.54 Å². The molecule has 0 bridgehead atoms. The number of hydrogen-bond acceptors (Lipinski definition) is 3. The van der Waals surface area contributed by atoms with E-state index in [1.54, 1.807) is 0 Å². The van der Waals surface area contributed by atoms with Gasteiger partial charge in [-0.3, -0.25) is 9.80 Å². The van der Waals surface area contributed by atoms with Crippen LogP contribution in [0.2, 0.25) is 0 Å². The van der Waals surface area contributed by atoms with E-state index in [-0.39, 0.29) is 0 Å². The molecular weight excluding hydrogens is 236 g/mol. The van der Waals surface area contributed by atoms with Crippen molar-refractivity contribution in [3.8, 4) is 0 Å². The van der Waals surface area contributed by atoms with E-state index < -0.39 is 0 Å². The molecule has 2 saturated heterocycles. The number of imidazole rings is 1. The van der Waals surface area contributed by atoms with Crippen molar-refractivity contribution in [3.63, 3.8) is 0 Å². The first-order valence-corrected chi connectivity index (χ1v) is 7.75. The Bertz CT molecular complexity index is 395. The molecule has 2 fully saturated rings. The van der Waals surface area contributed by atoms with Crippen LogP contribution in [-0.2, 0) is 13.6 Å². The molecule has 0 aromatic carbocycles. The summed E-state index contributed by atoms with van der Waals surface area (Å²) in [4.78, 5) is 9.77. The maximum atomic E-state index is 4.46. The third-order valence-corrected chi connectivity index (χ3v) is 4.67. The molecule has 0 saturated carbocycles. The van der Waals surface area contributed by atoms with Crippen LogP contribution in [0.3, 0.4) is 0 Å². The van der Waals surface area contributed by atoms with Crippen molar-refractivity contribution >= 4 is 0 Å². The molecule has 106 valence electrons. The molecule has 0 unspecified atom stereocenters. The van der Waals surface area contributed by atoms with Crippen molar-refractivity contribution in [1.82, 2.24) is 19.4 Å². The van der Waals surface area contributed by atoms with Gasteiger partial charge in [0.15, 0.2) is 0 Å². The number of aromatic nitrogens is 2. The molecule has 3 rings (SSSR count). The molecule has 4 heteroatoms. The average Bonchev–Trinajstić information content (AvgIpc) is 2.86. The predicted molar refractivity (Wildman–Crippen MR) is 76.9 cm³/mol. The molecule has 2 aliphatic heterocycles. The van der Waals surface area contributed by atoms with E-state index in [2.05, 4.69) is 26.4 Å². The summed E-state index contributed by atoms with van der Waals surface area (Å²) < 4.78 is 2.14. The summed E-state index contributed by atoms with van der Waals surface area (Å²) in [6, 6.07) is 0.786. The van der Waals surface area contributed by atoms with Crippen LogP contribution >= 0.6 is 0 Å². The number of aryl methyl sites for hydroxylation is 1. The fraction of sp³-hybridized carbons (Fsp3) is 0.800. The molecule has 0 amide bonds. The lowest BCUT2D eigenvalue weighted by Gasteiger charge is -2.40. The van der Waals surface area contributed by atoms with E-state index in [0.29, 0.717) is 0 Å². The molecule has 0 spiro atoms. The Morgan fingerprint density at radius 2 is 2.00 bits per heavy atom. The molecule has 19 heavy (non-hydrogen) atoms. The highest BCUT2D eigenvalue weighted by Crippen LogP contribution is 2.21. The van der Waals surface area contributed by atoms with Gasteiger partial charge in [-0.25, -0.2) is 4.98 Å². The Labute approximate surface area is 116 Å². The number of nitrogens with zero attached hydrogens (tertiary/aromatic N) is 4. The second-order valence-electron chi connectivity index (χ2n) is 6.08. The molecule has 1 aromatic rings. The SMILES string of the molecule is Cn1ccnc1CN1CCC[C@H](N2CCCCC2)C1. The lowest BCUT2D eigenvalue weighted by Crippen LogP contribution is -2.49. The van der Waals surface area contributed by atoms with Crippen LogP contribution in [0.1, 0.15) is 37.9 Å². The summed E-state index contributed by atoms with van der Waals surface area (Å²) in [6.45, 7) is 6.11. The van der Waals surface area contributed by atoms with Gasteiger partial charge in [0.1, 0.15) is 5.82 Å². The van der Waals surface area contributed by atoms with Gasteiger partial charge >= 0.3 is 0 Å². The maximum absolute atomic E-state index is 4.46. The lowest BCUT2D eigenvalue weighted by molar-refractivity contribution is 0.0775. The lowest BCUT2D eigenvalue weighted by atomic mass is 10.0. The van der Waals surface area contributed by atoms with E-state index in [9.17, 15) is 0 Å². The average molecular weight is 262 g/mol. The van der Waals surface area contributed by atoms with Gasteiger partial charge in [-0.1, -0.05) is 6.42 Å². The van der Waals surface area contributed by atoms with Crippen molar-refractivity contribution in [2.75, 3.05) is 26.2 Å². The van der Waals surface area contributed by atoms with Crippen molar-refractivity contribution in [3.05, 3.63) is 18.2 Å². The summed E-state index contributed by atoms with van der Waals surface area (Å²) in [6.07, 6.45) is 10.9. The Morgan fingerprint density at radius 3 is 2.74 bits per heavy atom. The number of rotatable bonds is 3. The molecule has 1 atom stereocenters. The van der Waals surface area contributed by atoms with Crippen molar-refractivity contribution in [1.29, 1.82) is 0 Å². The fourth-order valence-corrected chi connectivity index (χ4v) is 3.51. The van der Waals surface area contributed by atoms with Crippen LogP contribution in [0.25, 0.3) is 0 Å². The minimum atomic E-state index is 0.786. The molecule has 0 aliphatic carbocycles. The molecule has 2 aliphatic rings. The van der Waals surface area contributed by atoms with Crippen LogP contribution in [-0.4, -0.2) is 51.6 Å². The largest absolute Gasteiger partial charge is 0.337 e. The topological polar surface area (TPSA) is 24.3 Å². The van der Waals surface area contributed by atoms with Crippen molar-refractivity contribution in [2.24, 2.45) is 7.05 Å². The predicted octanol–water partition coefficient (Wildman–Crippen LogP) is 1.87. The molecule has 1 aromatic heterocycles. The van der Waals surface area contributed by atoms with E-state index in [0.717, 1.165) is 12.6 Å². The molecule has 3 heterocycles. The number of hydrogen-bond donors (Lipinski definition) is 0. The summed E-state index contributed by atoms with van der Waals surface area (Å²) >= 11 is 0. The minimum absolute atomic E-state index is 0.786. The Balaban J connectivity index is 1.57. The summed E-state index contributed by atoms with van der Waals surface area (Å²) in [7, 11) is 2.09. The highest BCUT2D eigenvalue weighted by atomic mass is 15.2. The van der Waals surface area contributed by atoms with E-state index in [1.807, 2.05) is 12.4 Å². The standard InChI is InChI=1S/C15H26N4/c1-17-11-7-16-15(17)13-18-8-5-6-14(12-18)19-9-3-2-4-10-19/h7,11,14H,2-6,8-10,12-13H2,1H3/t14-/m0/s1. The Kier molecular flexibility index (Phi) is 4.18. The highest BCUT2D eigenvalue weighted by Gasteiger charge is 2.26. The van der Waals surface area contributed by atoms with E-state index >= 15 is 0 Å². The Morgan fingerprint density at radius 1 is 1.16 bits per heavy atom. The quantitative estimate of drug-likeness (QED) is 0.831. The maximum Gasteiger partial charge on any atom is 0.122 e. The number of piperidine rings is 2. The zero-order valence-electron chi connectivity index (χ0n) is 12.1. The van der Waals surface area contributed by atoms with Gasteiger partial charge in [0, 0.05) is 32.0 Å². The molecule has 4 nitrogen and oxygen atoms in total. The summed E-state index contributed by atoms with van der Waals surface area (Å²) in [5.74, 6) is 1.19.